The molecule has 0 bridgehead atoms. The van der Waals surface area contributed by atoms with Crippen LogP contribution in [0.4, 0.5) is 0 Å². The van der Waals surface area contributed by atoms with E-state index in [9.17, 15) is 14.7 Å². The molecule has 3 aromatic rings. The lowest BCUT2D eigenvalue weighted by atomic mass is 9.76. The SMILES string of the molecule is Cn1ccc(C(=O)N[C@H]2CC[C@@H](c3ccc(Cl)c(Cl)c3)c3ccccc32)c(O)c1=O. The summed E-state index contributed by atoms with van der Waals surface area (Å²) in [5.41, 5.74) is 2.57. The molecule has 2 N–H and O–H groups in total. The standard InChI is InChI=1S/C23H20Cl2N2O3/c1-27-11-10-17(21(28)23(27)30)22(29)26-20-9-7-14(15-4-2-3-5-16(15)20)13-6-8-18(24)19(25)12-13/h2-6,8,10-12,14,20,28H,7,9H2,1H3,(H,26,29)/t14-,20-/m0/s1. The number of rotatable bonds is 3. The van der Waals surface area contributed by atoms with Gasteiger partial charge in [-0.05, 0) is 47.7 Å². The Labute approximate surface area is 183 Å². The Morgan fingerprint density at radius 2 is 1.80 bits per heavy atom. The lowest BCUT2D eigenvalue weighted by Crippen LogP contribution is -2.33. The minimum absolute atomic E-state index is 0.0258. The molecule has 5 nitrogen and oxygen atoms in total. The van der Waals surface area contributed by atoms with E-state index in [1.165, 1.54) is 23.9 Å². The largest absolute Gasteiger partial charge is 0.502 e. The van der Waals surface area contributed by atoms with E-state index in [4.69, 9.17) is 23.2 Å². The number of fused-ring (bicyclic) bond motifs is 1. The van der Waals surface area contributed by atoms with E-state index in [1.54, 1.807) is 6.07 Å². The molecule has 1 amide bonds. The Balaban J connectivity index is 1.64. The van der Waals surface area contributed by atoms with Gasteiger partial charge in [-0.1, -0.05) is 53.5 Å². The van der Waals surface area contributed by atoms with Crippen LogP contribution in [0.2, 0.25) is 10.0 Å². The summed E-state index contributed by atoms with van der Waals surface area (Å²) < 4.78 is 1.23. The number of benzene rings is 2. The van der Waals surface area contributed by atoms with Gasteiger partial charge in [0.2, 0.25) is 0 Å². The zero-order valence-corrected chi connectivity index (χ0v) is 17.7. The van der Waals surface area contributed by atoms with Gasteiger partial charge in [-0.15, -0.1) is 0 Å². The summed E-state index contributed by atoms with van der Waals surface area (Å²) >= 11 is 12.3. The summed E-state index contributed by atoms with van der Waals surface area (Å²) in [6.07, 6.45) is 2.98. The highest BCUT2D eigenvalue weighted by atomic mass is 35.5. The molecule has 0 spiro atoms. The van der Waals surface area contributed by atoms with E-state index in [-0.39, 0.29) is 17.5 Å². The van der Waals surface area contributed by atoms with Crippen molar-refractivity contribution in [2.24, 2.45) is 7.05 Å². The van der Waals surface area contributed by atoms with Crippen LogP contribution in [0.15, 0.2) is 59.5 Å². The molecule has 1 heterocycles. The Kier molecular flexibility index (Phi) is 5.58. The van der Waals surface area contributed by atoms with Crippen molar-refractivity contribution in [1.29, 1.82) is 0 Å². The van der Waals surface area contributed by atoms with Gasteiger partial charge in [-0.2, -0.15) is 0 Å². The third-order valence-corrected chi connectivity index (χ3v) is 6.37. The number of carbonyl (C=O) groups is 1. The number of nitrogens with zero attached hydrogens (tertiary/aromatic N) is 1. The number of pyridine rings is 1. The third kappa shape index (κ3) is 3.71. The summed E-state index contributed by atoms with van der Waals surface area (Å²) in [5, 5.41) is 14.1. The molecule has 2 atom stereocenters. The zero-order valence-electron chi connectivity index (χ0n) is 16.2. The summed E-state index contributed by atoms with van der Waals surface area (Å²) in [5.74, 6) is -0.880. The lowest BCUT2D eigenvalue weighted by Gasteiger charge is -2.32. The van der Waals surface area contributed by atoms with Crippen LogP contribution in [0.1, 0.15) is 51.8 Å². The highest BCUT2D eigenvalue weighted by Crippen LogP contribution is 2.42. The van der Waals surface area contributed by atoms with Crippen LogP contribution in [0.25, 0.3) is 0 Å². The fourth-order valence-electron chi connectivity index (χ4n) is 4.05. The van der Waals surface area contributed by atoms with Gasteiger partial charge in [0.1, 0.15) is 0 Å². The molecular formula is C23H20Cl2N2O3. The number of amides is 1. The average molecular weight is 443 g/mol. The minimum Gasteiger partial charge on any atom is -0.502 e. The maximum absolute atomic E-state index is 12.8. The first-order valence-corrected chi connectivity index (χ1v) is 10.4. The fourth-order valence-corrected chi connectivity index (χ4v) is 4.36. The van der Waals surface area contributed by atoms with Crippen molar-refractivity contribution in [3.05, 3.63) is 97.4 Å². The van der Waals surface area contributed by atoms with Gasteiger partial charge in [0.05, 0.1) is 21.7 Å². The van der Waals surface area contributed by atoms with Crippen molar-refractivity contribution in [3.63, 3.8) is 0 Å². The average Bonchev–Trinajstić information content (AvgIpc) is 2.74. The second-order valence-corrected chi connectivity index (χ2v) is 8.27. The molecule has 0 saturated carbocycles. The Morgan fingerprint density at radius 1 is 1.07 bits per heavy atom. The van der Waals surface area contributed by atoms with E-state index in [0.29, 0.717) is 16.5 Å². The van der Waals surface area contributed by atoms with Gasteiger partial charge >= 0.3 is 0 Å². The maximum Gasteiger partial charge on any atom is 0.293 e. The minimum atomic E-state index is -0.605. The molecule has 1 aliphatic carbocycles. The predicted molar refractivity (Wildman–Crippen MR) is 118 cm³/mol. The lowest BCUT2D eigenvalue weighted by molar-refractivity contribution is 0.0929. The molecule has 4 rings (SSSR count). The number of hydrogen-bond acceptors (Lipinski definition) is 3. The molecule has 0 unspecified atom stereocenters. The van der Waals surface area contributed by atoms with Crippen molar-refractivity contribution in [1.82, 2.24) is 9.88 Å². The first-order valence-electron chi connectivity index (χ1n) is 9.60. The van der Waals surface area contributed by atoms with Crippen molar-refractivity contribution in [2.75, 3.05) is 0 Å². The van der Waals surface area contributed by atoms with E-state index in [1.807, 2.05) is 30.3 Å². The molecule has 0 radical (unpaired) electrons. The van der Waals surface area contributed by atoms with Gasteiger partial charge in [-0.25, -0.2) is 0 Å². The second kappa shape index (κ2) is 8.17. The van der Waals surface area contributed by atoms with Crippen LogP contribution in [-0.2, 0) is 7.05 Å². The number of aromatic nitrogens is 1. The molecule has 1 aromatic heterocycles. The monoisotopic (exact) mass is 442 g/mol. The first-order chi connectivity index (χ1) is 14.4. The number of carbonyl (C=O) groups excluding carboxylic acids is 1. The smallest absolute Gasteiger partial charge is 0.293 e. The van der Waals surface area contributed by atoms with Crippen molar-refractivity contribution >= 4 is 29.1 Å². The van der Waals surface area contributed by atoms with Crippen LogP contribution in [-0.4, -0.2) is 15.6 Å². The summed E-state index contributed by atoms with van der Waals surface area (Å²) in [6, 6.07) is 14.8. The zero-order chi connectivity index (χ0) is 21.4. The third-order valence-electron chi connectivity index (χ3n) is 5.63. The first kappa shape index (κ1) is 20.5. The molecular weight excluding hydrogens is 423 g/mol. The summed E-state index contributed by atoms with van der Waals surface area (Å²) in [7, 11) is 1.52. The number of halogens is 2. The van der Waals surface area contributed by atoms with Crippen molar-refractivity contribution < 1.29 is 9.90 Å². The van der Waals surface area contributed by atoms with E-state index < -0.39 is 17.2 Å². The Hall–Kier alpha value is -2.76. The highest BCUT2D eigenvalue weighted by Gasteiger charge is 2.30. The topological polar surface area (TPSA) is 71.3 Å². The van der Waals surface area contributed by atoms with Crippen LogP contribution >= 0.6 is 23.2 Å². The fraction of sp³-hybridized carbons (Fsp3) is 0.217. The molecule has 154 valence electrons. The summed E-state index contributed by atoms with van der Waals surface area (Å²) in [6.45, 7) is 0. The van der Waals surface area contributed by atoms with Gasteiger partial charge in [0.25, 0.3) is 11.5 Å². The summed E-state index contributed by atoms with van der Waals surface area (Å²) in [4.78, 5) is 24.7. The van der Waals surface area contributed by atoms with Gasteiger partial charge < -0.3 is 15.0 Å². The molecule has 0 fully saturated rings. The molecule has 0 saturated heterocycles. The number of hydrogen-bond donors (Lipinski definition) is 2. The van der Waals surface area contributed by atoms with Crippen LogP contribution in [0.3, 0.4) is 0 Å². The Bertz CT molecular complexity index is 1190. The van der Waals surface area contributed by atoms with Crippen molar-refractivity contribution in [3.8, 4) is 5.75 Å². The van der Waals surface area contributed by atoms with Crippen molar-refractivity contribution in [2.45, 2.75) is 24.8 Å². The normalized spacial score (nSPS) is 18.0. The van der Waals surface area contributed by atoms with Gasteiger partial charge in [-0.3, -0.25) is 9.59 Å². The van der Waals surface area contributed by atoms with Crippen LogP contribution in [0.5, 0.6) is 5.75 Å². The van der Waals surface area contributed by atoms with Crippen LogP contribution in [0, 0.1) is 0 Å². The molecule has 0 aliphatic heterocycles. The maximum atomic E-state index is 12.8. The molecule has 30 heavy (non-hydrogen) atoms. The quantitative estimate of drug-likeness (QED) is 0.611. The van der Waals surface area contributed by atoms with Gasteiger partial charge in [0, 0.05) is 19.2 Å². The van der Waals surface area contributed by atoms with Gasteiger partial charge in [0.15, 0.2) is 5.75 Å². The highest BCUT2D eigenvalue weighted by molar-refractivity contribution is 6.42. The number of aromatic hydroxyl groups is 1. The predicted octanol–water partition coefficient (Wildman–Crippen LogP) is 4.79. The van der Waals surface area contributed by atoms with E-state index in [0.717, 1.165) is 23.1 Å². The van der Waals surface area contributed by atoms with E-state index >= 15 is 0 Å². The molecule has 1 aliphatic rings. The number of aryl methyl sites for hydroxylation is 1. The van der Waals surface area contributed by atoms with E-state index in [2.05, 4.69) is 11.4 Å². The Morgan fingerprint density at radius 3 is 2.53 bits per heavy atom. The molecule has 2 aromatic carbocycles. The second-order valence-electron chi connectivity index (χ2n) is 7.45. The molecule has 7 heteroatoms. The van der Waals surface area contributed by atoms with Crippen LogP contribution < -0.4 is 10.9 Å². The number of nitrogens with one attached hydrogen (secondary N) is 1.